The SMILES string of the molecule is COc1c2c(c(OC)c3c(OC)cccc13)[C@H](OC(C)=O)[C@@H](OC(C)=O)c1cc(OC(=O)[C@@]34CC[C@@](C)(C(=O)O3)C4(C)C)cc(OCc3ccccc3)c1-2. The van der Waals surface area contributed by atoms with Crippen LogP contribution in [0.25, 0.3) is 21.9 Å². The molecule has 282 valence electrons. The Kier molecular flexibility index (Phi) is 8.98. The normalized spacial score (nSPS) is 23.1. The van der Waals surface area contributed by atoms with Crippen molar-refractivity contribution in [3.63, 3.8) is 0 Å². The van der Waals surface area contributed by atoms with Crippen molar-refractivity contribution in [3.8, 4) is 39.9 Å². The Morgan fingerprint density at radius 2 is 1.46 bits per heavy atom. The van der Waals surface area contributed by atoms with Crippen LogP contribution in [0.4, 0.5) is 0 Å². The van der Waals surface area contributed by atoms with Gasteiger partial charge in [0, 0.05) is 47.4 Å². The van der Waals surface area contributed by atoms with Crippen LogP contribution in [0.15, 0.2) is 60.7 Å². The van der Waals surface area contributed by atoms with Crippen LogP contribution in [-0.2, 0) is 40.0 Å². The smallest absolute Gasteiger partial charge is 0.356 e. The summed E-state index contributed by atoms with van der Waals surface area (Å²) in [5.74, 6) is -1.14. The summed E-state index contributed by atoms with van der Waals surface area (Å²) in [6, 6.07) is 18.0. The Hall–Kier alpha value is -5.78. The van der Waals surface area contributed by atoms with Crippen LogP contribution < -0.4 is 23.7 Å². The number of fused-ring (bicyclic) bond motifs is 6. The van der Waals surface area contributed by atoms with Crippen molar-refractivity contribution >= 4 is 34.6 Å². The number of carbonyl (C=O) groups is 4. The van der Waals surface area contributed by atoms with Gasteiger partial charge in [0.2, 0.25) is 5.60 Å². The summed E-state index contributed by atoms with van der Waals surface area (Å²) in [5.41, 5.74) is -0.915. The van der Waals surface area contributed by atoms with E-state index in [1.54, 1.807) is 18.2 Å². The second-order valence-electron chi connectivity index (χ2n) is 14.5. The van der Waals surface area contributed by atoms with E-state index in [1.807, 2.05) is 63.2 Å². The van der Waals surface area contributed by atoms with Gasteiger partial charge in [-0.05, 0) is 37.5 Å². The Morgan fingerprint density at radius 3 is 2.06 bits per heavy atom. The highest BCUT2D eigenvalue weighted by Gasteiger charge is 2.76. The van der Waals surface area contributed by atoms with Gasteiger partial charge in [0.05, 0.1) is 37.7 Å². The summed E-state index contributed by atoms with van der Waals surface area (Å²) >= 11 is 0. The zero-order valence-corrected chi connectivity index (χ0v) is 31.4. The zero-order valence-electron chi connectivity index (χ0n) is 31.4. The second-order valence-corrected chi connectivity index (χ2v) is 14.5. The van der Waals surface area contributed by atoms with Gasteiger partial charge in [0.25, 0.3) is 0 Å². The van der Waals surface area contributed by atoms with Crippen molar-refractivity contribution in [2.75, 3.05) is 21.3 Å². The van der Waals surface area contributed by atoms with Crippen LogP contribution in [0.2, 0.25) is 0 Å². The van der Waals surface area contributed by atoms with Crippen molar-refractivity contribution in [3.05, 3.63) is 77.4 Å². The molecule has 4 aromatic rings. The molecule has 1 saturated heterocycles. The standard InChI is InChI=1S/C42H42O12/c1-22(43)51-35-27-19-25(53-39(46)42-18-17-41(5,38(45)54-42)40(42,3)4)20-29(50-21-24-13-10-9-11-14-24)30(27)32-33(37(35)52-23(2)44)36(49-8)31-26(34(32)48-7)15-12-16-28(31)47-6/h9-16,19-20,35,37H,17-18,21H2,1-8H3/t35-,37-,41-,42+/m0/s1. The second kappa shape index (κ2) is 13.3. The molecule has 0 aromatic heterocycles. The van der Waals surface area contributed by atoms with E-state index in [-0.39, 0.29) is 24.5 Å². The predicted molar refractivity (Wildman–Crippen MR) is 194 cm³/mol. The van der Waals surface area contributed by atoms with Gasteiger partial charge in [-0.15, -0.1) is 0 Å². The summed E-state index contributed by atoms with van der Waals surface area (Å²) < 4.78 is 48.6. The van der Waals surface area contributed by atoms with Gasteiger partial charge < -0.3 is 37.9 Å². The molecule has 54 heavy (non-hydrogen) atoms. The zero-order chi connectivity index (χ0) is 38.7. The van der Waals surface area contributed by atoms with E-state index < -0.39 is 52.5 Å². The molecule has 0 spiro atoms. The summed E-state index contributed by atoms with van der Waals surface area (Å²) in [7, 11) is 4.52. The van der Waals surface area contributed by atoms with Gasteiger partial charge in [-0.3, -0.25) is 14.4 Å². The first-order valence-electron chi connectivity index (χ1n) is 17.6. The first-order valence-corrected chi connectivity index (χ1v) is 17.6. The molecule has 2 fully saturated rings. The van der Waals surface area contributed by atoms with E-state index in [0.29, 0.717) is 56.7 Å². The molecule has 1 saturated carbocycles. The van der Waals surface area contributed by atoms with E-state index in [2.05, 4.69) is 0 Å². The summed E-state index contributed by atoms with van der Waals surface area (Å²) in [6.07, 6.45) is -1.82. The van der Waals surface area contributed by atoms with Crippen LogP contribution in [0.5, 0.6) is 28.7 Å². The molecule has 0 unspecified atom stereocenters. The molecule has 1 heterocycles. The average Bonchev–Trinajstić information content (AvgIpc) is 3.44. The molecule has 2 bridgehead atoms. The van der Waals surface area contributed by atoms with Gasteiger partial charge in [-0.25, -0.2) is 4.79 Å². The minimum atomic E-state index is -1.53. The molecule has 4 atom stereocenters. The highest BCUT2D eigenvalue weighted by atomic mass is 16.6. The van der Waals surface area contributed by atoms with E-state index in [9.17, 15) is 19.2 Å². The number of hydrogen-bond acceptors (Lipinski definition) is 12. The molecule has 1 aliphatic heterocycles. The lowest BCUT2D eigenvalue weighted by Crippen LogP contribution is -2.50. The van der Waals surface area contributed by atoms with Crippen LogP contribution in [-0.4, -0.2) is 50.8 Å². The van der Waals surface area contributed by atoms with Gasteiger partial charge in [-0.1, -0.05) is 56.3 Å². The fourth-order valence-electron chi connectivity index (χ4n) is 8.39. The van der Waals surface area contributed by atoms with Crippen molar-refractivity contribution in [2.45, 2.75) is 71.9 Å². The monoisotopic (exact) mass is 738 g/mol. The molecule has 0 N–H and O–H groups in total. The van der Waals surface area contributed by atoms with Crippen molar-refractivity contribution in [1.82, 2.24) is 0 Å². The summed E-state index contributed by atoms with van der Waals surface area (Å²) in [4.78, 5) is 53.1. The van der Waals surface area contributed by atoms with Gasteiger partial charge in [0.1, 0.15) is 35.4 Å². The first kappa shape index (κ1) is 36.6. The van der Waals surface area contributed by atoms with Crippen LogP contribution in [0.3, 0.4) is 0 Å². The Bertz CT molecular complexity index is 2210. The Balaban J connectivity index is 1.52. The van der Waals surface area contributed by atoms with E-state index in [4.69, 9.17) is 37.9 Å². The summed E-state index contributed by atoms with van der Waals surface area (Å²) in [5, 5.41) is 1.15. The third-order valence-electron chi connectivity index (χ3n) is 11.5. The molecule has 2 aliphatic carbocycles. The number of rotatable bonds is 10. The quantitative estimate of drug-likeness (QED) is 0.0912. The summed E-state index contributed by atoms with van der Waals surface area (Å²) in [6.45, 7) is 8.07. The van der Waals surface area contributed by atoms with E-state index in [1.165, 1.54) is 35.2 Å². The van der Waals surface area contributed by atoms with Gasteiger partial charge in [0.15, 0.2) is 12.2 Å². The number of hydrogen-bond donors (Lipinski definition) is 0. The molecule has 12 heteroatoms. The fraction of sp³-hybridized carbons (Fsp3) is 0.381. The number of methoxy groups -OCH3 is 3. The number of ether oxygens (including phenoxy) is 8. The third kappa shape index (κ3) is 5.33. The maximum atomic E-state index is 14.3. The van der Waals surface area contributed by atoms with Crippen LogP contribution >= 0.6 is 0 Å². The Labute approximate surface area is 312 Å². The lowest BCUT2D eigenvalue weighted by molar-refractivity contribution is -0.176. The number of benzene rings is 4. The highest BCUT2D eigenvalue weighted by Crippen LogP contribution is 2.66. The molecule has 12 nitrogen and oxygen atoms in total. The maximum absolute atomic E-state index is 14.3. The van der Waals surface area contributed by atoms with Crippen molar-refractivity contribution in [2.24, 2.45) is 10.8 Å². The first-order chi connectivity index (χ1) is 25.7. The van der Waals surface area contributed by atoms with Gasteiger partial charge >= 0.3 is 23.9 Å². The van der Waals surface area contributed by atoms with Gasteiger partial charge in [-0.2, -0.15) is 0 Å². The minimum Gasteiger partial charge on any atom is -0.496 e. The largest absolute Gasteiger partial charge is 0.496 e. The molecule has 4 aromatic carbocycles. The van der Waals surface area contributed by atoms with E-state index >= 15 is 0 Å². The fourth-order valence-corrected chi connectivity index (χ4v) is 8.39. The molecule has 3 aliphatic rings. The Morgan fingerprint density at radius 1 is 0.778 bits per heavy atom. The molecule has 7 rings (SSSR count). The van der Waals surface area contributed by atoms with Crippen LogP contribution in [0, 0.1) is 10.8 Å². The number of carbonyl (C=O) groups excluding carboxylic acids is 4. The lowest BCUT2D eigenvalue weighted by Gasteiger charge is -2.37. The lowest BCUT2D eigenvalue weighted by atomic mass is 9.66. The van der Waals surface area contributed by atoms with Crippen molar-refractivity contribution in [1.29, 1.82) is 0 Å². The third-order valence-corrected chi connectivity index (χ3v) is 11.5. The molecular formula is C42H42O12. The predicted octanol–water partition coefficient (Wildman–Crippen LogP) is 7.36. The average molecular weight is 739 g/mol. The maximum Gasteiger partial charge on any atom is 0.356 e. The molecule has 0 radical (unpaired) electrons. The highest BCUT2D eigenvalue weighted by molar-refractivity contribution is 6.07. The molecular weight excluding hydrogens is 696 g/mol. The number of esters is 4. The topological polar surface area (TPSA) is 142 Å². The minimum absolute atomic E-state index is 0.0270. The molecule has 0 amide bonds. The van der Waals surface area contributed by atoms with Crippen molar-refractivity contribution < 1.29 is 57.1 Å². The van der Waals surface area contributed by atoms with E-state index in [0.717, 1.165) is 5.56 Å². The van der Waals surface area contributed by atoms with Crippen LogP contribution in [0.1, 0.15) is 76.4 Å².